The molecule has 0 unspecified atom stereocenters. The fourth-order valence-electron chi connectivity index (χ4n) is 3.05. The monoisotopic (exact) mass is 418 g/mol. The summed E-state index contributed by atoms with van der Waals surface area (Å²) in [6.45, 7) is 2.34. The number of rotatable bonds is 3. The van der Waals surface area contributed by atoms with Gasteiger partial charge in [-0.25, -0.2) is 8.42 Å². The summed E-state index contributed by atoms with van der Waals surface area (Å²) in [5.74, 6) is 0. The van der Waals surface area contributed by atoms with Crippen molar-refractivity contribution in [3.63, 3.8) is 0 Å². The van der Waals surface area contributed by atoms with Gasteiger partial charge in [0.25, 0.3) is 5.56 Å². The molecule has 2 aromatic rings. The van der Waals surface area contributed by atoms with Crippen LogP contribution in [-0.2, 0) is 23.4 Å². The maximum Gasteiger partial charge on any atom is 0.259 e. The predicted octanol–water partition coefficient (Wildman–Crippen LogP) is 2.37. The van der Waals surface area contributed by atoms with Gasteiger partial charge in [0.05, 0.1) is 19.8 Å². The van der Waals surface area contributed by atoms with Crippen molar-refractivity contribution >= 4 is 47.2 Å². The van der Waals surface area contributed by atoms with E-state index in [1.807, 2.05) is 6.07 Å². The first-order valence-corrected chi connectivity index (χ1v) is 11.0. The van der Waals surface area contributed by atoms with Crippen LogP contribution in [0.5, 0.6) is 0 Å². The molecule has 0 atom stereocenters. The summed E-state index contributed by atoms with van der Waals surface area (Å²) in [6.07, 6.45) is 4.50. The quantitative estimate of drug-likeness (QED) is 0.767. The Morgan fingerprint density at radius 3 is 2.61 bits per heavy atom. The van der Waals surface area contributed by atoms with Gasteiger partial charge in [-0.2, -0.15) is 0 Å². The lowest BCUT2D eigenvalue weighted by Gasteiger charge is -2.30. The van der Waals surface area contributed by atoms with E-state index < -0.39 is 9.84 Å². The number of likely N-dealkylation sites (tertiary alicyclic amines) is 1. The van der Waals surface area contributed by atoms with E-state index in [4.69, 9.17) is 0 Å². The molecule has 3 heterocycles. The fraction of sp³-hybridized carbons (Fsp3) is 0.533. The Morgan fingerprint density at radius 1 is 1.35 bits per heavy atom. The summed E-state index contributed by atoms with van der Waals surface area (Å²) in [5.41, 5.74) is 0.0153. The van der Waals surface area contributed by atoms with Gasteiger partial charge < -0.3 is 4.57 Å². The third kappa shape index (κ3) is 3.55. The predicted molar refractivity (Wildman–Crippen MR) is 97.9 cm³/mol. The summed E-state index contributed by atoms with van der Waals surface area (Å²) < 4.78 is 26.7. The molecular formula is C15H19BrN2O3S2. The van der Waals surface area contributed by atoms with E-state index in [0.29, 0.717) is 12.8 Å². The van der Waals surface area contributed by atoms with E-state index in [1.165, 1.54) is 6.26 Å². The summed E-state index contributed by atoms with van der Waals surface area (Å²) in [7, 11) is -1.18. The van der Waals surface area contributed by atoms with E-state index in [9.17, 15) is 13.2 Å². The molecule has 0 radical (unpaired) electrons. The van der Waals surface area contributed by atoms with Crippen LogP contribution in [0.25, 0.3) is 10.1 Å². The molecule has 23 heavy (non-hydrogen) atoms. The molecule has 5 nitrogen and oxygen atoms in total. The topological polar surface area (TPSA) is 59.4 Å². The van der Waals surface area contributed by atoms with Crippen LogP contribution in [0.15, 0.2) is 21.5 Å². The normalized spacial score (nSPS) is 17.9. The first-order valence-electron chi connectivity index (χ1n) is 7.44. The SMILES string of the molecule is Cn1cc(Br)c2sc(CN3CCC(S(C)(=O)=O)CC3)cc2c1=O. The van der Waals surface area contributed by atoms with Crippen molar-refractivity contribution in [1.29, 1.82) is 0 Å². The smallest absolute Gasteiger partial charge is 0.259 e. The van der Waals surface area contributed by atoms with E-state index in [0.717, 1.165) is 39.1 Å². The zero-order chi connectivity index (χ0) is 16.8. The Bertz CT molecular complexity index is 893. The number of thiophene rings is 1. The molecule has 0 bridgehead atoms. The third-order valence-electron chi connectivity index (χ3n) is 4.38. The van der Waals surface area contributed by atoms with Crippen LogP contribution in [0, 0.1) is 0 Å². The number of aryl methyl sites for hydroxylation is 1. The molecule has 126 valence electrons. The van der Waals surface area contributed by atoms with E-state index in [1.54, 1.807) is 29.1 Å². The Morgan fingerprint density at radius 2 is 2.00 bits per heavy atom. The van der Waals surface area contributed by atoms with E-state index >= 15 is 0 Å². The number of halogens is 1. The first kappa shape index (κ1) is 17.1. The van der Waals surface area contributed by atoms with Gasteiger partial charge in [0.2, 0.25) is 0 Å². The molecule has 1 saturated heterocycles. The number of fused-ring (bicyclic) bond motifs is 1. The summed E-state index contributed by atoms with van der Waals surface area (Å²) in [4.78, 5) is 15.6. The van der Waals surface area contributed by atoms with Gasteiger partial charge in [0.15, 0.2) is 0 Å². The standard InChI is InChI=1S/C15H19BrN2O3S2/c1-17-9-13(16)14-12(15(17)19)7-10(22-14)8-18-5-3-11(4-6-18)23(2,20)21/h7,9,11H,3-6,8H2,1-2H3. The number of hydrogen-bond donors (Lipinski definition) is 0. The Hall–Kier alpha value is -0.700. The molecule has 0 saturated carbocycles. The van der Waals surface area contributed by atoms with Crippen LogP contribution in [0.1, 0.15) is 17.7 Å². The first-order chi connectivity index (χ1) is 10.8. The van der Waals surface area contributed by atoms with Gasteiger partial charge in [0.1, 0.15) is 9.84 Å². The van der Waals surface area contributed by atoms with E-state index in [-0.39, 0.29) is 10.8 Å². The molecule has 1 fully saturated rings. The summed E-state index contributed by atoms with van der Waals surface area (Å²) in [6, 6.07) is 1.97. The Labute approximate surface area is 148 Å². The van der Waals surface area contributed by atoms with Crippen molar-refractivity contribution < 1.29 is 8.42 Å². The van der Waals surface area contributed by atoms with Crippen LogP contribution in [-0.4, -0.2) is 42.5 Å². The van der Waals surface area contributed by atoms with Crippen molar-refractivity contribution in [2.24, 2.45) is 7.05 Å². The molecule has 2 aromatic heterocycles. The highest BCUT2D eigenvalue weighted by atomic mass is 79.9. The maximum atomic E-state index is 12.2. The molecule has 8 heteroatoms. The minimum atomic E-state index is -2.93. The number of piperidine rings is 1. The summed E-state index contributed by atoms with van der Waals surface area (Å²) in [5, 5.41) is 0.537. The zero-order valence-corrected chi connectivity index (χ0v) is 16.3. The second-order valence-electron chi connectivity index (χ2n) is 6.15. The minimum Gasteiger partial charge on any atom is -0.317 e. The lowest BCUT2D eigenvalue weighted by Crippen LogP contribution is -2.38. The molecule has 0 aromatic carbocycles. The number of aromatic nitrogens is 1. The highest BCUT2D eigenvalue weighted by Crippen LogP contribution is 2.31. The van der Waals surface area contributed by atoms with Gasteiger partial charge in [-0.1, -0.05) is 0 Å². The number of pyridine rings is 1. The highest BCUT2D eigenvalue weighted by molar-refractivity contribution is 9.10. The van der Waals surface area contributed by atoms with Gasteiger partial charge >= 0.3 is 0 Å². The van der Waals surface area contributed by atoms with Gasteiger partial charge in [-0.05, 0) is 47.9 Å². The van der Waals surface area contributed by atoms with Gasteiger partial charge in [-0.3, -0.25) is 9.69 Å². The molecule has 1 aliphatic heterocycles. The average Bonchev–Trinajstić information content (AvgIpc) is 2.89. The molecular weight excluding hydrogens is 400 g/mol. The number of nitrogens with zero attached hydrogens (tertiary/aromatic N) is 2. The number of hydrogen-bond acceptors (Lipinski definition) is 5. The van der Waals surface area contributed by atoms with Crippen LogP contribution in [0.3, 0.4) is 0 Å². The average molecular weight is 419 g/mol. The van der Waals surface area contributed by atoms with E-state index in [2.05, 4.69) is 20.8 Å². The molecule has 1 aliphatic rings. The van der Waals surface area contributed by atoms with Gasteiger partial charge in [-0.15, -0.1) is 11.3 Å². The Kier molecular flexibility index (Phi) is 4.70. The maximum absolute atomic E-state index is 12.2. The lowest BCUT2D eigenvalue weighted by molar-refractivity contribution is 0.224. The van der Waals surface area contributed by atoms with Crippen molar-refractivity contribution in [1.82, 2.24) is 9.47 Å². The van der Waals surface area contributed by atoms with Crippen LogP contribution < -0.4 is 5.56 Å². The lowest BCUT2D eigenvalue weighted by atomic mass is 10.1. The minimum absolute atomic E-state index is 0.0153. The van der Waals surface area contributed by atoms with Crippen LogP contribution >= 0.6 is 27.3 Å². The second-order valence-corrected chi connectivity index (χ2v) is 10.5. The zero-order valence-electron chi connectivity index (χ0n) is 13.1. The second kappa shape index (κ2) is 6.31. The summed E-state index contributed by atoms with van der Waals surface area (Å²) >= 11 is 5.15. The largest absolute Gasteiger partial charge is 0.317 e. The molecule has 0 aliphatic carbocycles. The molecule has 3 rings (SSSR count). The molecule has 0 N–H and O–H groups in total. The molecule has 0 amide bonds. The number of sulfone groups is 1. The van der Waals surface area contributed by atoms with Crippen molar-refractivity contribution in [2.75, 3.05) is 19.3 Å². The van der Waals surface area contributed by atoms with Crippen LogP contribution in [0.4, 0.5) is 0 Å². The van der Waals surface area contributed by atoms with Gasteiger partial charge in [0, 0.05) is 30.9 Å². The van der Waals surface area contributed by atoms with Crippen LogP contribution in [0.2, 0.25) is 0 Å². The van der Waals surface area contributed by atoms with Crippen molar-refractivity contribution in [3.8, 4) is 0 Å². The Balaban J connectivity index is 1.77. The third-order valence-corrected chi connectivity index (χ3v) is 8.08. The van der Waals surface area contributed by atoms with Crippen molar-refractivity contribution in [3.05, 3.63) is 32.0 Å². The highest BCUT2D eigenvalue weighted by Gasteiger charge is 2.26. The van der Waals surface area contributed by atoms with Crippen molar-refractivity contribution in [2.45, 2.75) is 24.6 Å². The fourth-order valence-corrected chi connectivity index (χ4v) is 5.97. The molecule has 0 spiro atoms.